The van der Waals surface area contributed by atoms with Gasteiger partial charge in [-0.1, -0.05) is 6.07 Å². The van der Waals surface area contributed by atoms with Gasteiger partial charge in [-0.15, -0.1) is 0 Å². The van der Waals surface area contributed by atoms with Gasteiger partial charge in [0.25, 0.3) is 0 Å². The lowest BCUT2D eigenvalue weighted by Crippen LogP contribution is -2.31. The standard InChI is InChI=1S/C12H15FO3/c1-12(2,11(14)16-4)9-6-5-8(15-3)7-10(9)13/h5-7H,1-4H3. The van der Waals surface area contributed by atoms with Crippen molar-refractivity contribution in [1.29, 1.82) is 0 Å². The van der Waals surface area contributed by atoms with Crippen LogP contribution in [0.5, 0.6) is 5.75 Å². The number of carbonyl (C=O) groups is 1. The smallest absolute Gasteiger partial charge is 0.315 e. The fraction of sp³-hybridized carbons (Fsp3) is 0.417. The van der Waals surface area contributed by atoms with Crippen molar-refractivity contribution in [3.63, 3.8) is 0 Å². The molecule has 0 radical (unpaired) electrons. The molecule has 0 heterocycles. The van der Waals surface area contributed by atoms with E-state index in [0.717, 1.165) is 0 Å². The lowest BCUT2D eigenvalue weighted by atomic mass is 9.84. The van der Waals surface area contributed by atoms with E-state index in [1.165, 1.54) is 26.4 Å². The van der Waals surface area contributed by atoms with E-state index >= 15 is 0 Å². The van der Waals surface area contributed by atoms with Crippen molar-refractivity contribution in [2.45, 2.75) is 19.3 Å². The molecule has 0 spiro atoms. The topological polar surface area (TPSA) is 35.5 Å². The zero-order chi connectivity index (χ0) is 12.3. The molecule has 16 heavy (non-hydrogen) atoms. The van der Waals surface area contributed by atoms with Crippen LogP contribution in [0.4, 0.5) is 4.39 Å². The van der Waals surface area contributed by atoms with Crippen LogP contribution in [-0.2, 0) is 14.9 Å². The van der Waals surface area contributed by atoms with Crippen LogP contribution in [0.2, 0.25) is 0 Å². The molecule has 1 aromatic carbocycles. The van der Waals surface area contributed by atoms with Gasteiger partial charge in [0.05, 0.1) is 19.6 Å². The third-order valence-electron chi connectivity index (χ3n) is 2.55. The first-order valence-electron chi connectivity index (χ1n) is 4.86. The summed E-state index contributed by atoms with van der Waals surface area (Å²) in [6.45, 7) is 3.23. The number of halogens is 1. The van der Waals surface area contributed by atoms with Gasteiger partial charge in [0.15, 0.2) is 0 Å². The van der Waals surface area contributed by atoms with E-state index in [0.29, 0.717) is 11.3 Å². The molecule has 0 aliphatic heterocycles. The number of rotatable bonds is 3. The highest BCUT2D eigenvalue weighted by atomic mass is 19.1. The van der Waals surface area contributed by atoms with E-state index < -0.39 is 17.2 Å². The highest BCUT2D eigenvalue weighted by molar-refractivity contribution is 5.82. The number of hydrogen-bond donors (Lipinski definition) is 0. The fourth-order valence-electron chi connectivity index (χ4n) is 1.49. The van der Waals surface area contributed by atoms with Gasteiger partial charge in [0.2, 0.25) is 0 Å². The second-order valence-corrected chi connectivity index (χ2v) is 3.96. The van der Waals surface area contributed by atoms with E-state index in [9.17, 15) is 9.18 Å². The largest absolute Gasteiger partial charge is 0.497 e. The van der Waals surface area contributed by atoms with Crippen LogP contribution in [0.15, 0.2) is 18.2 Å². The van der Waals surface area contributed by atoms with Crippen LogP contribution in [-0.4, -0.2) is 20.2 Å². The molecule has 0 saturated carbocycles. The Morgan fingerprint density at radius 2 is 1.94 bits per heavy atom. The Bertz CT molecular complexity index is 399. The van der Waals surface area contributed by atoms with Crippen LogP contribution < -0.4 is 4.74 Å². The molecule has 0 aliphatic rings. The molecular weight excluding hydrogens is 211 g/mol. The molecule has 0 amide bonds. The van der Waals surface area contributed by atoms with Crippen molar-refractivity contribution in [2.24, 2.45) is 0 Å². The SMILES string of the molecule is COC(=O)C(C)(C)c1ccc(OC)cc1F. The molecule has 0 atom stereocenters. The highest BCUT2D eigenvalue weighted by Gasteiger charge is 2.33. The van der Waals surface area contributed by atoms with Gasteiger partial charge in [-0.05, 0) is 19.9 Å². The summed E-state index contributed by atoms with van der Waals surface area (Å²) in [5, 5.41) is 0. The summed E-state index contributed by atoms with van der Waals surface area (Å²) in [6.07, 6.45) is 0. The Labute approximate surface area is 94.2 Å². The predicted octanol–water partition coefficient (Wildman–Crippen LogP) is 2.28. The summed E-state index contributed by atoms with van der Waals surface area (Å²) >= 11 is 0. The molecule has 3 nitrogen and oxygen atoms in total. The Hall–Kier alpha value is -1.58. The fourth-order valence-corrected chi connectivity index (χ4v) is 1.49. The van der Waals surface area contributed by atoms with Gasteiger partial charge in [0, 0.05) is 11.6 Å². The normalized spacial score (nSPS) is 11.1. The predicted molar refractivity (Wildman–Crippen MR) is 58.0 cm³/mol. The minimum atomic E-state index is -1.01. The third kappa shape index (κ3) is 2.15. The molecule has 0 aromatic heterocycles. The summed E-state index contributed by atoms with van der Waals surface area (Å²) in [4.78, 5) is 11.5. The molecule has 0 aliphatic carbocycles. The van der Waals surface area contributed by atoms with Crippen molar-refractivity contribution in [2.75, 3.05) is 14.2 Å². The van der Waals surface area contributed by atoms with Crippen LogP contribution in [0, 0.1) is 5.82 Å². The molecule has 88 valence electrons. The van der Waals surface area contributed by atoms with Crippen molar-refractivity contribution >= 4 is 5.97 Å². The second-order valence-electron chi connectivity index (χ2n) is 3.96. The minimum Gasteiger partial charge on any atom is -0.497 e. The van der Waals surface area contributed by atoms with Crippen molar-refractivity contribution in [3.05, 3.63) is 29.6 Å². The molecule has 1 aromatic rings. The minimum absolute atomic E-state index is 0.292. The lowest BCUT2D eigenvalue weighted by Gasteiger charge is -2.22. The first-order valence-corrected chi connectivity index (χ1v) is 4.86. The average Bonchev–Trinajstić information content (AvgIpc) is 2.27. The molecular formula is C12H15FO3. The Balaban J connectivity index is 3.18. The molecule has 0 unspecified atom stereocenters. The highest BCUT2D eigenvalue weighted by Crippen LogP contribution is 2.29. The van der Waals surface area contributed by atoms with Gasteiger partial charge in [-0.3, -0.25) is 4.79 Å². The van der Waals surface area contributed by atoms with Gasteiger partial charge in [-0.2, -0.15) is 0 Å². The van der Waals surface area contributed by atoms with Crippen LogP contribution in [0.3, 0.4) is 0 Å². The number of benzene rings is 1. The summed E-state index contributed by atoms with van der Waals surface area (Å²) in [6, 6.07) is 4.40. The molecule has 4 heteroatoms. The van der Waals surface area contributed by atoms with Gasteiger partial charge >= 0.3 is 5.97 Å². The number of carbonyl (C=O) groups excluding carboxylic acids is 1. The first kappa shape index (κ1) is 12.5. The summed E-state index contributed by atoms with van der Waals surface area (Å²) in [5.41, 5.74) is -0.717. The van der Waals surface area contributed by atoms with Gasteiger partial charge in [-0.25, -0.2) is 4.39 Å². The monoisotopic (exact) mass is 226 g/mol. The van der Waals surface area contributed by atoms with Crippen molar-refractivity contribution in [3.8, 4) is 5.75 Å². The van der Waals surface area contributed by atoms with E-state index in [4.69, 9.17) is 4.74 Å². The Kier molecular flexibility index (Phi) is 3.52. The van der Waals surface area contributed by atoms with E-state index in [2.05, 4.69) is 4.74 Å². The van der Waals surface area contributed by atoms with Crippen molar-refractivity contribution < 1.29 is 18.7 Å². The van der Waals surface area contributed by atoms with E-state index in [1.807, 2.05) is 0 Å². The summed E-state index contributed by atoms with van der Waals surface area (Å²) < 4.78 is 23.3. The molecule has 0 fully saturated rings. The zero-order valence-corrected chi connectivity index (χ0v) is 9.83. The third-order valence-corrected chi connectivity index (χ3v) is 2.55. The Morgan fingerprint density at radius 1 is 1.31 bits per heavy atom. The molecule has 1 rings (SSSR count). The molecule has 0 N–H and O–H groups in total. The lowest BCUT2D eigenvalue weighted by molar-refractivity contribution is -0.146. The quantitative estimate of drug-likeness (QED) is 0.742. The van der Waals surface area contributed by atoms with Crippen LogP contribution in [0.25, 0.3) is 0 Å². The first-order chi connectivity index (χ1) is 7.43. The number of hydrogen-bond acceptors (Lipinski definition) is 3. The number of ether oxygens (including phenoxy) is 2. The van der Waals surface area contributed by atoms with Crippen LogP contribution in [0.1, 0.15) is 19.4 Å². The molecule has 0 saturated heterocycles. The van der Waals surface area contributed by atoms with Crippen LogP contribution >= 0.6 is 0 Å². The van der Waals surface area contributed by atoms with Gasteiger partial charge < -0.3 is 9.47 Å². The molecule has 0 bridgehead atoms. The maximum absolute atomic E-state index is 13.7. The van der Waals surface area contributed by atoms with Crippen molar-refractivity contribution in [1.82, 2.24) is 0 Å². The number of methoxy groups -OCH3 is 2. The maximum Gasteiger partial charge on any atom is 0.315 e. The zero-order valence-electron chi connectivity index (χ0n) is 9.83. The van der Waals surface area contributed by atoms with E-state index in [1.54, 1.807) is 19.9 Å². The number of esters is 1. The average molecular weight is 226 g/mol. The summed E-state index contributed by atoms with van der Waals surface area (Å²) in [7, 11) is 2.74. The second kappa shape index (κ2) is 4.51. The maximum atomic E-state index is 13.7. The summed E-state index contributed by atoms with van der Waals surface area (Å²) in [5.74, 6) is -0.534. The van der Waals surface area contributed by atoms with Gasteiger partial charge in [0.1, 0.15) is 11.6 Å². The van der Waals surface area contributed by atoms with E-state index in [-0.39, 0.29) is 0 Å². The Morgan fingerprint density at radius 3 is 2.38 bits per heavy atom.